The van der Waals surface area contributed by atoms with Gasteiger partial charge in [0.1, 0.15) is 0 Å². The van der Waals surface area contributed by atoms with Gasteiger partial charge in [0.2, 0.25) is 11.8 Å². The molecule has 0 radical (unpaired) electrons. The quantitative estimate of drug-likeness (QED) is 0.0687. The van der Waals surface area contributed by atoms with Crippen LogP contribution in [0.15, 0.2) is 24.3 Å². The van der Waals surface area contributed by atoms with Gasteiger partial charge in [0.25, 0.3) is 0 Å². The predicted octanol–water partition coefficient (Wildman–Crippen LogP) is 13.0. The molecule has 278 valence electrons. The van der Waals surface area contributed by atoms with Crippen LogP contribution >= 0.6 is 0 Å². The summed E-state index contributed by atoms with van der Waals surface area (Å²) >= 11 is 0. The minimum absolute atomic E-state index is 0.155. The van der Waals surface area contributed by atoms with E-state index in [1.54, 1.807) is 11.1 Å². The number of aryl methyl sites for hydroxylation is 2. The molecule has 0 aromatic heterocycles. The van der Waals surface area contributed by atoms with Crippen molar-refractivity contribution >= 4 is 11.8 Å². The van der Waals surface area contributed by atoms with Crippen LogP contribution in [0.5, 0.6) is 0 Å². The molecule has 0 bridgehead atoms. The van der Waals surface area contributed by atoms with E-state index in [4.69, 9.17) is 11.5 Å². The lowest BCUT2D eigenvalue weighted by atomic mass is 9.96. The van der Waals surface area contributed by atoms with Crippen LogP contribution in [0.3, 0.4) is 0 Å². The van der Waals surface area contributed by atoms with Gasteiger partial charge < -0.3 is 11.5 Å². The lowest BCUT2D eigenvalue weighted by Gasteiger charge is -2.10. The molecule has 0 saturated heterocycles. The van der Waals surface area contributed by atoms with E-state index < -0.39 is 0 Å². The third kappa shape index (κ3) is 31.4. The molecule has 2 amide bonds. The van der Waals surface area contributed by atoms with Gasteiger partial charge >= 0.3 is 0 Å². The summed E-state index contributed by atoms with van der Waals surface area (Å²) in [7, 11) is 0. The van der Waals surface area contributed by atoms with Crippen molar-refractivity contribution in [2.45, 2.75) is 231 Å². The van der Waals surface area contributed by atoms with Crippen LogP contribution in [-0.2, 0) is 22.4 Å². The number of amides is 2. The number of hydrogen-bond acceptors (Lipinski definition) is 2. The molecule has 1 rings (SSSR count). The van der Waals surface area contributed by atoms with Gasteiger partial charge in [-0.1, -0.05) is 204 Å². The van der Waals surface area contributed by atoms with Crippen LogP contribution in [0, 0.1) is 0 Å². The standard InChI is InChI=1S/C44H80N2O2/c45-43(47)39-31-27-23-19-15-11-7-3-1-5-9-13-17-21-25-29-35-41-37-33-34-38-42(41)36-30-26-22-18-14-10-6-2-4-8-12-16-20-24-28-32-40-44(46)48/h33-34,37-38H,1-32,35-36,39-40H2,(H2,45,47)(H2,46,48). The fraction of sp³-hybridized carbons (Fsp3) is 0.818. The molecule has 0 heterocycles. The molecule has 0 saturated carbocycles. The molecule has 4 heteroatoms. The van der Waals surface area contributed by atoms with Crippen LogP contribution in [0.25, 0.3) is 0 Å². The van der Waals surface area contributed by atoms with Gasteiger partial charge in [-0.05, 0) is 49.7 Å². The van der Waals surface area contributed by atoms with Gasteiger partial charge in [-0.3, -0.25) is 9.59 Å². The summed E-state index contributed by atoms with van der Waals surface area (Å²) in [6.07, 6.45) is 46.6. The average molecular weight is 669 g/mol. The van der Waals surface area contributed by atoms with E-state index in [1.807, 2.05) is 0 Å². The van der Waals surface area contributed by atoms with Crippen LogP contribution in [0.1, 0.15) is 229 Å². The molecule has 4 N–H and O–H groups in total. The summed E-state index contributed by atoms with van der Waals surface area (Å²) in [6, 6.07) is 9.25. The Hall–Kier alpha value is -1.84. The third-order valence-corrected chi connectivity index (χ3v) is 10.4. The molecule has 1 aromatic carbocycles. The second-order valence-corrected chi connectivity index (χ2v) is 15.0. The smallest absolute Gasteiger partial charge is 0.217 e. The fourth-order valence-corrected chi connectivity index (χ4v) is 7.22. The second kappa shape index (κ2) is 35.0. The van der Waals surface area contributed by atoms with Crippen molar-refractivity contribution in [3.8, 4) is 0 Å². The lowest BCUT2D eigenvalue weighted by molar-refractivity contribution is -0.119. The first-order chi connectivity index (χ1) is 23.6. The van der Waals surface area contributed by atoms with Crippen molar-refractivity contribution in [2.24, 2.45) is 11.5 Å². The normalized spacial score (nSPS) is 11.3. The molecular weight excluding hydrogens is 588 g/mol. The number of benzene rings is 1. The van der Waals surface area contributed by atoms with E-state index in [0.717, 1.165) is 25.7 Å². The van der Waals surface area contributed by atoms with E-state index in [2.05, 4.69) is 24.3 Å². The zero-order valence-corrected chi connectivity index (χ0v) is 31.7. The molecule has 4 nitrogen and oxygen atoms in total. The van der Waals surface area contributed by atoms with Gasteiger partial charge in [-0.25, -0.2) is 0 Å². The number of rotatable bonds is 38. The molecule has 0 aliphatic carbocycles. The maximum absolute atomic E-state index is 10.7. The maximum atomic E-state index is 10.7. The van der Waals surface area contributed by atoms with Crippen molar-refractivity contribution in [3.05, 3.63) is 35.4 Å². The first-order valence-corrected chi connectivity index (χ1v) is 21.2. The molecule has 1 aromatic rings. The van der Waals surface area contributed by atoms with Crippen LogP contribution in [0.4, 0.5) is 0 Å². The Morgan fingerprint density at radius 2 is 0.500 bits per heavy atom. The third-order valence-electron chi connectivity index (χ3n) is 10.4. The molecule has 0 aliphatic rings. The zero-order chi connectivity index (χ0) is 34.6. The van der Waals surface area contributed by atoms with Crippen molar-refractivity contribution in [2.75, 3.05) is 0 Å². The molecule has 0 unspecified atom stereocenters. The van der Waals surface area contributed by atoms with Crippen molar-refractivity contribution in [1.29, 1.82) is 0 Å². The van der Waals surface area contributed by atoms with Gasteiger partial charge in [0.05, 0.1) is 0 Å². The van der Waals surface area contributed by atoms with Gasteiger partial charge in [0.15, 0.2) is 0 Å². The topological polar surface area (TPSA) is 86.2 Å². The van der Waals surface area contributed by atoms with Gasteiger partial charge in [-0.15, -0.1) is 0 Å². The lowest BCUT2D eigenvalue weighted by Crippen LogP contribution is -2.09. The molecule has 0 atom stereocenters. The average Bonchev–Trinajstić information content (AvgIpc) is 3.07. The molecule has 0 aliphatic heterocycles. The summed E-state index contributed by atoms with van der Waals surface area (Å²) in [5, 5.41) is 0. The Morgan fingerprint density at radius 3 is 0.708 bits per heavy atom. The highest BCUT2D eigenvalue weighted by atomic mass is 16.1. The number of unbranched alkanes of at least 4 members (excludes halogenated alkanes) is 30. The van der Waals surface area contributed by atoms with Crippen LogP contribution in [0.2, 0.25) is 0 Å². The summed E-state index contributed by atoms with van der Waals surface area (Å²) in [6.45, 7) is 0. The molecular formula is C44H80N2O2. The summed E-state index contributed by atoms with van der Waals surface area (Å²) in [5.74, 6) is -0.310. The Balaban J connectivity index is 1.85. The monoisotopic (exact) mass is 669 g/mol. The Morgan fingerprint density at radius 1 is 0.312 bits per heavy atom. The molecule has 0 fully saturated rings. The Labute approximate surface area is 298 Å². The van der Waals surface area contributed by atoms with Crippen molar-refractivity contribution in [1.82, 2.24) is 0 Å². The second-order valence-electron chi connectivity index (χ2n) is 15.0. The fourth-order valence-electron chi connectivity index (χ4n) is 7.22. The highest BCUT2D eigenvalue weighted by Crippen LogP contribution is 2.19. The number of hydrogen-bond donors (Lipinski definition) is 2. The Kier molecular flexibility index (Phi) is 32.2. The molecule has 48 heavy (non-hydrogen) atoms. The van der Waals surface area contributed by atoms with Gasteiger partial charge in [0, 0.05) is 12.8 Å². The minimum Gasteiger partial charge on any atom is -0.370 e. The number of nitrogens with two attached hydrogens (primary N) is 2. The molecule has 0 spiro atoms. The van der Waals surface area contributed by atoms with E-state index in [-0.39, 0.29) is 11.8 Å². The van der Waals surface area contributed by atoms with E-state index in [9.17, 15) is 9.59 Å². The van der Waals surface area contributed by atoms with Gasteiger partial charge in [-0.2, -0.15) is 0 Å². The Bertz CT molecular complexity index is 785. The first kappa shape index (κ1) is 44.2. The van der Waals surface area contributed by atoms with E-state index >= 15 is 0 Å². The summed E-state index contributed by atoms with van der Waals surface area (Å²) in [4.78, 5) is 21.5. The highest BCUT2D eigenvalue weighted by molar-refractivity contribution is 5.73. The maximum Gasteiger partial charge on any atom is 0.217 e. The number of primary amides is 2. The summed E-state index contributed by atoms with van der Waals surface area (Å²) in [5.41, 5.74) is 13.6. The van der Waals surface area contributed by atoms with E-state index in [0.29, 0.717) is 12.8 Å². The highest BCUT2D eigenvalue weighted by Gasteiger charge is 2.03. The zero-order valence-electron chi connectivity index (χ0n) is 31.7. The first-order valence-electron chi connectivity index (χ1n) is 21.2. The minimum atomic E-state index is -0.155. The number of carbonyl (C=O) groups excluding carboxylic acids is 2. The van der Waals surface area contributed by atoms with Crippen molar-refractivity contribution in [3.63, 3.8) is 0 Å². The SMILES string of the molecule is NC(=O)CCCCCCCCCCCCCCCCCCc1ccccc1CCCCCCCCCCCCCCCCCCC(N)=O. The van der Waals surface area contributed by atoms with Crippen LogP contribution < -0.4 is 11.5 Å². The summed E-state index contributed by atoms with van der Waals surface area (Å²) < 4.78 is 0. The van der Waals surface area contributed by atoms with Crippen molar-refractivity contribution < 1.29 is 9.59 Å². The van der Waals surface area contributed by atoms with Crippen LogP contribution in [-0.4, -0.2) is 11.8 Å². The van der Waals surface area contributed by atoms with E-state index in [1.165, 1.54) is 193 Å². The number of carbonyl (C=O) groups is 2. The predicted molar refractivity (Wildman–Crippen MR) is 209 cm³/mol. The largest absolute Gasteiger partial charge is 0.370 e.